The zero-order valence-electron chi connectivity index (χ0n) is 35.2. The maximum absolute atomic E-state index is 12.3. The first-order valence-corrected chi connectivity index (χ1v) is 22.2. The highest BCUT2D eigenvalue weighted by atomic mass is 32.2. The number of carbonyl (C=O) groups is 1. The zero-order chi connectivity index (χ0) is 45.8. The molecule has 0 fully saturated rings. The number of para-hydroxylation sites is 1. The number of benzene rings is 3. The Morgan fingerprint density at radius 2 is 1.34 bits per heavy atom. The van der Waals surface area contributed by atoms with Gasteiger partial charge in [-0.1, -0.05) is 54.6 Å². The minimum absolute atomic E-state index is 0.0611. The summed E-state index contributed by atoms with van der Waals surface area (Å²) in [5, 5.41) is 4.39. The highest BCUT2D eigenvalue weighted by Gasteiger charge is 2.37. The first-order valence-electron chi connectivity index (χ1n) is 19.2. The Morgan fingerprint density at radius 1 is 0.790 bits per heavy atom. The Bertz CT molecular complexity index is 2200. The van der Waals surface area contributed by atoms with E-state index in [1.54, 1.807) is 16.4 Å². The van der Waals surface area contributed by atoms with E-state index >= 15 is 0 Å². The van der Waals surface area contributed by atoms with Crippen LogP contribution < -0.4 is 19.1 Å². The molecule has 0 aliphatic heterocycles. The van der Waals surface area contributed by atoms with Gasteiger partial charge in [-0.25, -0.2) is 13.2 Å². The van der Waals surface area contributed by atoms with Crippen LogP contribution in [0, 0.1) is 0 Å². The van der Waals surface area contributed by atoms with Crippen LogP contribution in [-0.4, -0.2) is 101 Å². The second-order valence-corrected chi connectivity index (χ2v) is 17.4. The molecule has 0 N–H and O–H groups in total. The maximum atomic E-state index is 12.3. The first kappa shape index (κ1) is 51.3. The van der Waals surface area contributed by atoms with Crippen molar-refractivity contribution in [2.75, 3.05) is 57.3 Å². The van der Waals surface area contributed by atoms with Crippen molar-refractivity contribution in [3.63, 3.8) is 0 Å². The lowest BCUT2D eigenvalue weighted by Crippen LogP contribution is -2.37. The van der Waals surface area contributed by atoms with E-state index in [-0.39, 0.29) is 12.4 Å². The van der Waals surface area contributed by atoms with Crippen LogP contribution in [0.4, 0.5) is 23.7 Å². The molecule has 0 unspecified atom stereocenters. The minimum atomic E-state index is -6.09. The van der Waals surface area contributed by atoms with Gasteiger partial charge in [0.15, 0.2) is 22.9 Å². The predicted octanol–water partition coefficient (Wildman–Crippen LogP) is 6.12. The second kappa shape index (κ2) is 24.5. The van der Waals surface area contributed by atoms with Crippen LogP contribution in [-0.2, 0) is 58.8 Å². The third-order valence-corrected chi connectivity index (χ3v) is 9.90. The molecule has 3 aromatic carbocycles. The number of rotatable bonds is 22. The minimum Gasteiger partial charge on any atom is -0.741 e. The summed E-state index contributed by atoms with van der Waals surface area (Å²) in [7, 11) is -6.22. The molecule has 16 nitrogen and oxygen atoms in total. The normalized spacial score (nSPS) is 12.1. The number of amides is 1. The van der Waals surface area contributed by atoms with E-state index in [4.69, 9.17) is 40.8 Å². The Morgan fingerprint density at radius 3 is 1.92 bits per heavy atom. The molecular formula is C41H53F3N4O12S2. The number of nitrogens with zero attached hydrogens (tertiary/aromatic N) is 4. The van der Waals surface area contributed by atoms with Gasteiger partial charge in [-0.2, -0.15) is 21.6 Å². The SMILES string of the molecule is CN(C(=O)OC(C)(C)C)c1ccc(/C=C/c2ccc(OCCOCCOCCCOS(=O)(=O)CCC[n+]3cc(COc4ccccc4)n(C)n3)cc2)cc1.O=S(=O)([O-])C(F)(F)F. The third-order valence-electron chi connectivity index (χ3n) is 8.02. The van der Waals surface area contributed by atoms with Gasteiger partial charge in [0.05, 0.1) is 37.4 Å². The Labute approximate surface area is 360 Å². The summed E-state index contributed by atoms with van der Waals surface area (Å²) in [5.74, 6) is 1.41. The fourth-order valence-corrected chi connectivity index (χ4v) is 5.86. The molecule has 0 bridgehead atoms. The maximum Gasteiger partial charge on any atom is 0.485 e. The van der Waals surface area contributed by atoms with Crippen LogP contribution >= 0.6 is 0 Å². The van der Waals surface area contributed by atoms with E-state index in [0.717, 1.165) is 34.0 Å². The molecule has 0 atom stereocenters. The largest absolute Gasteiger partial charge is 0.741 e. The summed E-state index contributed by atoms with van der Waals surface area (Å²) in [6, 6.07) is 24.9. The summed E-state index contributed by atoms with van der Waals surface area (Å²) in [6.45, 7) is 8.34. The van der Waals surface area contributed by atoms with Gasteiger partial charge < -0.3 is 28.2 Å². The standard InChI is InChI=1S/C40H53N4O9S.CHF3O3S/c1-40(2,3)53-39(45)42(4)35-19-15-33(16-20-35)13-14-34-17-21-38(22-18-34)50-29-28-49-27-26-48-24-10-25-52-54(46,47)30-9-23-44-31-36(43(5)41-44)32-51-37-11-7-6-8-12-37;2-1(3,4)8(5,6)7/h6-8,11-22,31H,9-10,23-30,32H2,1-5H3;(H,5,6,7)/q+1;/p-1/b14-13+;. The number of carbonyl (C=O) groups excluding carboxylic acids is 1. The van der Waals surface area contributed by atoms with Crippen molar-refractivity contribution in [2.24, 2.45) is 7.05 Å². The lowest BCUT2D eigenvalue weighted by Gasteiger charge is -2.24. The summed E-state index contributed by atoms with van der Waals surface area (Å²) < 4.78 is 120. The van der Waals surface area contributed by atoms with Crippen LogP contribution in [0.1, 0.15) is 50.4 Å². The second-order valence-electron chi connectivity index (χ2n) is 14.3. The van der Waals surface area contributed by atoms with Gasteiger partial charge in [0.2, 0.25) is 5.69 Å². The quantitative estimate of drug-likeness (QED) is 0.0219. The van der Waals surface area contributed by atoms with Gasteiger partial charge >= 0.3 is 11.6 Å². The number of aryl methyl sites for hydroxylation is 2. The molecule has 1 heterocycles. The number of alkyl halides is 3. The monoisotopic (exact) mass is 914 g/mol. The number of anilines is 1. The van der Waals surface area contributed by atoms with Crippen LogP contribution in [0.25, 0.3) is 12.2 Å². The summed E-state index contributed by atoms with van der Waals surface area (Å²) >= 11 is 0. The van der Waals surface area contributed by atoms with Gasteiger partial charge in [0.1, 0.15) is 37.3 Å². The number of aromatic nitrogens is 3. The molecule has 4 rings (SSSR count). The van der Waals surface area contributed by atoms with E-state index in [2.05, 4.69) is 5.21 Å². The van der Waals surface area contributed by atoms with E-state index in [1.165, 1.54) is 4.90 Å². The van der Waals surface area contributed by atoms with Crippen LogP contribution in [0.5, 0.6) is 11.5 Å². The van der Waals surface area contributed by atoms with Crippen molar-refractivity contribution < 1.29 is 71.9 Å². The molecule has 0 aliphatic carbocycles. The number of halogens is 3. The number of ether oxygens (including phenoxy) is 5. The molecule has 4 aromatic rings. The number of hydrogen-bond donors (Lipinski definition) is 0. The van der Waals surface area contributed by atoms with E-state index in [0.29, 0.717) is 59.0 Å². The molecule has 0 radical (unpaired) electrons. The number of hydrogen-bond acceptors (Lipinski definition) is 13. The highest BCUT2D eigenvalue weighted by Crippen LogP contribution is 2.21. The molecule has 0 spiro atoms. The molecular weight excluding hydrogens is 862 g/mol. The molecule has 342 valence electrons. The first-order chi connectivity index (χ1) is 29.1. The molecule has 62 heavy (non-hydrogen) atoms. The van der Waals surface area contributed by atoms with Crippen molar-refractivity contribution in [1.82, 2.24) is 9.90 Å². The molecule has 1 amide bonds. The van der Waals surface area contributed by atoms with Gasteiger partial charge in [-0.3, -0.25) is 9.08 Å². The Hall–Kier alpha value is -5.06. The Kier molecular flexibility index (Phi) is 20.3. The lowest BCUT2D eigenvalue weighted by atomic mass is 10.1. The lowest BCUT2D eigenvalue weighted by molar-refractivity contribution is -0.755. The van der Waals surface area contributed by atoms with E-state index in [9.17, 15) is 26.4 Å². The van der Waals surface area contributed by atoms with Crippen LogP contribution in [0.2, 0.25) is 0 Å². The van der Waals surface area contributed by atoms with Crippen LogP contribution in [0.15, 0.2) is 85.1 Å². The van der Waals surface area contributed by atoms with Crippen molar-refractivity contribution in [3.8, 4) is 11.5 Å². The van der Waals surface area contributed by atoms with Gasteiger partial charge in [-0.05, 0) is 74.7 Å². The molecule has 21 heteroatoms. The molecule has 0 aliphatic rings. The molecule has 0 saturated heterocycles. The third kappa shape index (κ3) is 20.2. The smallest absolute Gasteiger partial charge is 0.485 e. The summed E-state index contributed by atoms with van der Waals surface area (Å²) in [4.78, 5) is 13.8. The highest BCUT2D eigenvalue weighted by molar-refractivity contribution is 7.86. The average Bonchev–Trinajstić information content (AvgIpc) is 3.56. The molecule has 0 saturated carbocycles. The average molecular weight is 915 g/mol. The predicted molar refractivity (Wildman–Crippen MR) is 222 cm³/mol. The molecule has 1 aromatic heterocycles. The fourth-order valence-electron chi connectivity index (χ4n) is 4.89. The van der Waals surface area contributed by atoms with Gasteiger partial charge in [0, 0.05) is 25.8 Å². The summed E-state index contributed by atoms with van der Waals surface area (Å²) in [6.07, 6.45) is 6.29. The topological polar surface area (TPSA) is 189 Å². The summed E-state index contributed by atoms with van der Waals surface area (Å²) in [5.41, 5.74) is -2.55. The van der Waals surface area contributed by atoms with Crippen molar-refractivity contribution in [2.45, 2.75) is 57.9 Å². The van der Waals surface area contributed by atoms with E-state index in [1.807, 2.05) is 125 Å². The van der Waals surface area contributed by atoms with Gasteiger partial charge in [-0.15, -0.1) is 9.36 Å². The Balaban J connectivity index is 0.00000116. The van der Waals surface area contributed by atoms with Gasteiger partial charge in [0.25, 0.3) is 10.1 Å². The van der Waals surface area contributed by atoms with E-state index < -0.39 is 37.4 Å². The van der Waals surface area contributed by atoms with Crippen molar-refractivity contribution in [1.29, 1.82) is 0 Å². The van der Waals surface area contributed by atoms with Crippen molar-refractivity contribution >= 4 is 44.2 Å². The van der Waals surface area contributed by atoms with Crippen molar-refractivity contribution in [3.05, 3.63) is 102 Å². The van der Waals surface area contributed by atoms with Crippen LogP contribution in [0.3, 0.4) is 0 Å². The fraction of sp³-hybridized carbons (Fsp3) is 0.439. The zero-order valence-corrected chi connectivity index (χ0v) is 36.8.